The summed E-state index contributed by atoms with van der Waals surface area (Å²) >= 11 is 5.66. The number of carbonyl (C=O) groups is 1. The fourth-order valence-electron chi connectivity index (χ4n) is 2.61. The third-order valence-electron chi connectivity index (χ3n) is 3.83. The van der Waals surface area contributed by atoms with Gasteiger partial charge in [0.1, 0.15) is 5.82 Å². The molecule has 1 aliphatic heterocycles. The predicted molar refractivity (Wildman–Crippen MR) is 80.0 cm³/mol. The fraction of sp³-hybridized carbons (Fsp3) is 0.533. The van der Waals surface area contributed by atoms with Crippen LogP contribution >= 0.6 is 11.6 Å². The van der Waals surface area contributed by atoms with Gasteiger partial charge in [0, 0.05) is 24.7 Å². The van der Waals surface area contributed by atoms with E-state index in [2.05, 4.69) is 10.2 Å². The Labute approximate surface area is 128 Å². The van der Waals surface area contributed by atoms with Crippen LogP contribution in [0.5, 0.6) is 0 Å². The number of hydrogen-bond donors (Lipinski definition) is 2. The SMILES string of the molecule is O=C(NCCN1CCCC[C@H]1CO)c1ccc(F)c(Cl)c1. The van der Waals surface area contributed by atoms with Crippen molar-refractivity contribution in [2.45, 2.75) is 25.3 Å². The highest BCUT2D eigenvalue weighted by Crippen LogP contribution is 2.17. The van der Waals surface area contributed by atoms with Gasteiger partial charge in [0.2, 0.25) is 0 Å². The standard InChI is InChI=1S/C15H20ClFN2O2/c16-13-9-11(4-5-14(13)17)15(21)18-6-8-19-7-2-1-3-12(19)10-20/h4-5,9,12,20H,1-3,6-8,10H2,(H,18,21)/t12-/m0/s1. The van der Waals surface area contributed by atoms with Gasteiger partial charge in [0.05, 0.1) is 11.6 Å². The van der Waals surface area contributed by atoms with Gasteiger partial charge in [0.25, 0.3) is 5.91 Å². The van der Waals surface area contributed by atoms with Crippen molar-refractivity contribution in [1.29, 1.82) is 0 Å². The maximum Gasteiger partial charge on any atom is 0.251 e. The average molecular weight is 315 g/mol. The zero-order chi connectivity index (χ0) is 15.2. The van der Waals surface area contributed by atoms with Crippen molar-refractivity contribution in [2.24, 2.45) is 0 Å². The lowest BCUT2D eigenvalue weighted by Gasteiger charge is -2.34. The van der Waals surface area contributed by atoms with Crippen LogP contribution in [0.25, 0.3) is 0 Å². The first-order chi connectivity index (χ1) is 10.1. The van der Waals surface area contributed by atoms with Crippen LogP contribution in [0.15, 0.2) is 18.2 Å². The molecule has 0 unspecified atom stereocenters. The smallest absolute Gasteiger partial charge is 0.251 e. The minimum Gasteiger partial charge on any atom is -0.395 e. The Hall–Kier alpha value is -1.17. The first kappa shape index (κ1) is 16.2. The summed E-state index contributed by atoms with van der Waals surface area (Å²) in [7, 11) is 0. The summed E-state index contributed by atoms with van der Waals surface area (Å²) in [5.74, 6) is -0.804. The first-order valence-electron chi connectivity index (χ1n) is 7.20. The van der Waals surface area contributed by atoms with Gasteiger partial charge >= 0.3 is 0 Å². The summed E-state index contributed by atoms with van der Waals surface area (Å²) < 4.78 is 13.0. The van der Waals surface area contributed by atoms with Crippen LogP contribution in [-0.2, 0) is 0 Å². The topological polar surface area (TPSA) is 52.6 Å². The van der Waals surface area contributed by atoms with Crippen molar-refractivity contribution in [3.8, 4) is 0 Å². The van der Waals surface area contributed by atoms with Gasteiger partial charge < -0.3 is 10.4 Å². The molecule has 1 heterocycles. The zero-order valence-corrected chi connectivity index (χ0v) is 12.6. The van der Waals surface area contributed by atoms with E-state index in [0.29, 0.717) is 18.7 Å². The lowest BCUT2D eigenvalue weighted by Crippen LogP contribution is -2.45. The number of benzene rings is 1. The number of aliphatic hydroxyl groups is 1. The fourth-order valence-corrected chi connectivity index (χ4v) is 2.79. The summed E-state index contributed by atoms with van der Waals surface area (Å²) in [6.45, 7) is 2.29. The van der Waals surface area contributed by atoms with Gasteiger partial charge in [-0.05, 0) is 37.6 Å². The van der Waals surface area contributed by atoms with Crippen LogP contribution < -0.4 is 5.32 Å². The van der Waals surface area contributed by atoms with Crippen LogP contribution in [0.1, 0.15) is 29.6 Å². The average Bonchev–Trinajstić information content (AvgIpc) is 2.50. The van der Waals surface area contributed by atoms with Crippen molar-refractivity contribution in [1.82, 2.24) is 10.2 Å². The molecule has 4 nitrogen and oxygen atoms in total. The Bertz CT molecular complexity index is 499. The molecule has 0 bridgehead atoms. The Morgan fingerprint density at radius 2 is 2.29 bits per heavy atom. The number of likely N-dealkylation sites (tertiary alicyclic amines) is 1. The number of halogens is 2. The van der Waals surface area contributed by atoms with E-state index in [1.165, 1.54) is 18.2 Å². The Balaban J connectivity index is 1.82. The van der Waals surface area contributed by atoms with E-state index in [1.807, 2.05) is 0 Å². The molecule has 6 heteroatoms. The van der Waals surface area contributed by atoms with E-state index in [1.54, 1.807) is 0 Å². The van der Waals surface area contributed by atoms with E-state index in [4.69, 9.17) is 11.6 Å². The van der Waals surface area contributed by atoms with E-state index < -0.39 is 5.82 Å². The molecule has 1 saturated heterocycles. The van der Waals surface area contributed by atoms with Crippen molar-refractivity contribution >= 4 is 17.5 Å². The Morgan fingerprint density at radius 3 is 3.00 bits per heavy atom. The molecule has 2 rings (SSSR count). The minimum atomic E-state index is -0.535. The highest BCUT2D eigenvalue weighted by molar-refractivity contribution is 6.31. The van der Waals surface area contributed by atoms with Crippen LogP contribution in [0, 0.1) is 5.82 Å². The first-order valence-corrected chi connectivity index (χ1v) is 7.58. The largest absolute Gasteiger partial charge is 0.395 e. The Kier molecular flexibility index (Phi) is 5.96. The number of rotatable bonds is 5. The molecule has 1 amide bonds. The third kappa shape index (κ3) is 4.40. The maximum absolute atomic E-state index is 13.0. The molecule has 0 radical (unpaired) electrons. The molecule has 1 fully saturated rings. The zero-order valence-electron chi connectivity index (χ0n) is 11.8. The second kappa shape index (κ2) is 7.73. The molecule has 1 aliphatic rings. The van der Waals surface area contributed by atoms with Gasteiger partial charge in [-0.15, -0.1) is 0 Å². The number of nitrogens with one attached hydrogen (secondary N) is 1. The van der Waals surface area contributed by atoms with Crippen molar-refractivity contribution in [3.63, 3.8) is 0 Å². The van der Waals surface area contributed by atoms with Crippen LogP contribution in [-0.4, -0.2) is 48.2 Å². The summed E-state index contributed by atoms with van der Waals surface area (Å²) in [4.78, 5) is 14.1. The van der Waals surface area contributed by atoms with E-state index in [9.17, 15) is 14.3 Å². The number of nitrogens with zero attached hydrogens (tertiary/aromatic N) is 1. The number of carbonyl (C=O) groups excluding carboxylic acids is 1. The molecule has 116 valence electrons. The molecule has 0 spiro atoms. The normalized spacial score (nSPS) is 19.5. The third-order valence-corrected chi connectivity index (χ3v) is 4.12. The molecule has 1 aromatic rings. The molecule has 21 heavy (non-hydrogen) atoms. The van der Waals surface area contributed by atoms with Crippen LogP contribution in [0.4, 0.5) is 4.39 Å². The monoisotopic (exact) mass is 314 g/mol. The lowest BCUT2D eigenvalue weighted by molar-refractivity contribution is 0.0849. The van der Waals surface area contributed by atoms with E-state index in [0.717, 1.165) is 25.8 Å². The van der Waals surface area contributed by atoms with Gasteiger partial charge in [-0.25, -0.2) is 4.39 Å². The molecular formula is C15H20ClFN2O2. The van der Waals surface area contributed by atoms with Crippen LogP contribution in [0.2, 0.25) is 5.02 Å². The van der Waals surface area contributed by atoms with Gasteiger partial charge in [-0.1, -0.05) is 18.0 Å². The number of hydrogen-bond acceptors (Lipinski definition) is 3. The summed E-state index contributed by atoms with van der Waals surface area (Å²) in [6, 6.07) is 4.11. The molecule has 0 aromatic heterocycles. The van der Waals surface area contributed by atoms with Crippen LogP contribution in [0.3, 0.4) is 0 Å². The van der Waals surface area contributed by atoms with Crippen molar-refractivity contribution in [3.05, 3.63) is 34.6 Å². The molecule has 0 saturated carbocycles. The molecule has 2 N–H and O–H groups in total. The highest BCUT2D eigenvalue weighted by Gasteiger charge is 2.21. The minimum absolute atomic E-state index is 0.0565. The molecule has 0 aliphatic carbocycles. The quantitative estimate of drug-likeness (QED) is 0.874. The maximum atomic E-state index is 13.0. The van der Waals surface area contributed by atoms with Gasteiger partial charge in [0.15, 0.2) is 0 Å². The predicted octanol–water partition coefficient (Wildman–Crippen LogP) is 2.06. The summed E-state index contributed by atoms with van der Waals surface area (Å²) in [5, 5.41) is 12.1. The second-order valence-electron chi connectivity index (χ2n) is 5.25. The van der Waals surface area contributed by atoms with Gasteiger partial charge in [-0.3, -0.25) is 9.69 Å². The highest BCUT2D eigenvalue weighted by atomic mass is 35.5. The summed E-state index contributed by atoms with van der Waals surface area (Å²) in [5.41, 5.74) is 0.346. The number of piperidine rings is 1. The van der Waals surface area contributed by atoms with Gasteiger partial charge in [-0.2, -0.15) is 0 Å². The Morgan fingerprint density at radius 1 is 1.48 bits per heavy atom. The molecule has 1 aromatic carbocycles. The number of aliphatic hydroxyl groups excluding tert-OH is 1. The van der Waals surface area contributed by atoms with Crippen molar-refractivity contribution < 1.29 is 14.3 Å². The molecule has 1 atom stereocenters. The number of amides is 1. The molecular weight excluding hydrogens is 295 g/mol. The van der Waals surface area contributed by atoms with Crippen molar-refractivity contribution in [2.75, 3.05) is 26.2 Å². The summed E-state index contributed by atoms with van der Waals surface area (Å²) in [6.07, 6.45) is 3.26. The van der Waals surface area contributed by atoms with E-state index >= 15 is 0 Å². The van der Waals surface area contributed by atoms with E-state index in [-0.39, 0.29) is 23.6 Å². The lowest BCUT2D eigenvalue weighted by atomic mass is 10.0. The second-order valence-corrected chi connectivity index (χ2v) is 5.66.